The summed E-state index contributed by atoms with van der Waals surface area (Å²) in [7, 11) is 0. The van der Waals surface area contributed by atoms with E-state index in [9.17, 15) is 14.0 Å². The normalized spacial score (nSPS) is 10.4. The lowest BCUT2D eigenvalue weighted by atomic mass is 10.1. The fraction of sp³-hybridized carbons (Fsp3) is 0.105. The van der Waals surface area contributed by atoms with E-state index in [4.69, 9.17) is 4.52 Å². The molecule has 26 heavy (non-hydrogen) atoms. The molecule has 0 spiro atoms. The van der Waals surface area contributed by atoms with E-state index >= 15 is 0 Å². The standard InChI is InChI=1S/C19H16FN3O3/c1-12-10-17(23-26-12)22-19(25)14-8-6-13(7-9-14)18(24)21-11-15-4-2-3-5-16(15)20/h2-10H,11H2,1H3,(H,21,24)(H,22,23,25). The third-order valence-corrected chi connectivity index (χ3v) is 3.68. The number of carbonyl (C=O) groups excluding carboxylic acids is 2. The van der Waals surface area contributed by atoms with Crippen LogP contribution in [0.1, 0.15) is 32.0 Å². The number of benzene rings is 2. The van der Waals surface area contributed by atoms with Gasteiger partial charge in [0.2, 0.25) is 0 Å². The zero-order valence-electron chi connectivity index (χ0n) is 14.0. The first-order valence-corrected chi connectivity index (χ1v) is 7.89. The molecule has 0 saturated carbocycles. The Morgan fingerprint density at radius 2 is 1.69 bits per heavy atom. The van der Waals surface area contributed by atoms with Crippen molar-refractivity contribution in [3.05, 3.63) is 82.9 Å². The summed E-state index contributed by atoms with van der Waals surface area (Å²) in [4.78, 5) is 24.3. The number of anilines is 1. The van der Waals surface area contributed by atoms with Crippen LogP contribution < -0.4 is 10.6 Å². The van der Waals surface area contributed by atoms with Gasteiger partial charge in [-0.1, -0.05) is 23.4 Å². The number of aryl methyl sites for hydroxylation is 1. The van der Waals surface area contributed by atoms with Crippen LogP contribution in [0.3, 0.4) is 0 Å². The minimum atomic E-state index is -0.372. The summed E-state index contributed by atoms with van der Waals surface area (Å²) in [6.45, 7) is 1.80. The predicted octanol–water partition coefficient (Wildman–Crippen LogP) is 3.30. The van der Waals surface area contributed by atoms with Crippen molar-refractivity contribution in [3.63, 3.8) is 0 Å². The first-order valence-electron chi connectivity index (χ1n) is 7.89. The molecule has 0 unspecified atom stereocenters. The maximum Gasteiger partial charge on any atom is 0.256 e. The molecule has 0 aliphatic carbocycles. The number of aromatic nitrogens is 1. The first-order chi connectivity index (χ1) is 12.5. The maximum atomic E-state index is 13.6. The minimum absolute atomic E-state index is 0.0826. The van der Waals surface area contributed by atoms with E-state index in [0.29, 0.717) is 28.3 Å². The van der Waals surface area contributed by atoms with Crippen molar-refractivity contribution in [3.8, 4) is 0 Å². The average Bonchev–Trinajstić information content (AvgIpc) is 3.05. The van der Waals surface area contributed by atoms with E-state index in [1.807, 2.05) is 0 Å². The Kier molecular flexibility index (Phi) is 5.07. The zero-order chi connectivity index (χ0) is 18.5. The number of rotatable bonds is 5. The Labute approximate surface area is 149 Å². The molecular formula is C19H16FN3O3. The molecule has 0 fully saturated rings. The highest BCUT2D eigenvalue weighted by atomic mass is 19.1. The molecule has 1 aromatic heterocycles. The van der Waals surface area contributed by atoms with Crippen LogP contribution in [0.25, 0.3) is 0 Å². The molecule has 0 aliphatic heterocycles. The van der Waals surface area contributed by atoms with Crippen molar-refractivity contribution < 1.29 is 18.5 Å². The number of amides is 2. The SMILES string of the molecule is Cc1cc(NC(=O)c2ccc(C(=O)NCc3ccccc3F)cc2)no1. The molecular weight excluding hydrogens is 337 g/mol. The summed E-state index contributed by atoms with van der Waals surface area (Å²) in [6.07, 6.45) is 0. The second-order valence-corrected chi connectivity index (χ2v) is 5.63. The third-order valence-electron chi connectivity index (χ3n) is 3.68. The smallest absolute Gasteiger partial charge is 0.256 e. The predicted molar refractivity (Wildman–Crippen MR) is 93.2 cm³/mol. The lowest BCUT2D eigenvalue weighted by Crippen LogP contribution is -2.23. The van der Waals surface area contributed by atoms with Gasteiger partial charge in [-0.25, -0.2) is 4.39 Å². The molecule has 2 N–H and O–H groups in total. The molecule has 3 rings (SSSR count). The number of hydrogen-bond donors (Lipinski definition) is 2. The van der Waals surface area contributed by atoms with Crippen molar-refractivity contribution in [2.45, 2.75) is 13.5 Å². The largest absolute Gasteiger partial charge is 0.360 e. The fourth-order valence-corrected chi connectivity index (χ4v) is 2.31. The topological polar surface area (TPSA) is 84.2 Å². The van der Waals surface area contributed by atoms with Crippen molar-refractivity contribution >= 4 is 17.6 Å². The van der Waals surface area contributed by atoms with Gasteiger partial charge in [0.25, 0.3) is 11.8 Å². The molecule has 2 amide bonds. The van der Waals surface area contributed by atoms with Crippen LogP contribution in [0, 0.1) is 12.7 Å². The van der Waals surface area contributed by atoms with Crippen molar-refractivity contribution in [1.29, 1.82) is 0 Å². The van der Waals surface area contributed by atoms with E-state index in [0.717, 1.165) is 0 Å². The Hall–Kier alpha value is -3.48. The molecule has 1 heterocycles. The van der Waals surface area contributed by atoms with E-state index in [-0.39, 0.29) is 24.2 Å². The highest BCUT2D eigenvalue weighted by Crippen LogP contribution is 2.11. The number of halogens is 1. The number of carbonyl (C=O) groups is 2. The van der Waals surface area contributed by atoms with Crippen LogP contribution in [-0.2, 0) is 6.54 Å². The first kappa shape index (κ1) is 17.3. The van der Waals surface area contributed by atoms with Crippen LogP contribution in [0.2, 0.25) is 0 Å². The Balaban J connectivity index is 1.60. The van der Waals surface area contributed by atoms with Gasteiger partial charge < -0.3 is 15.2 Å². The number of nitrogens with one attached hydrogen (secondary N) is 2. The molecule has 0 saturated heterocycles. The Morgan fingerprint density at radius 1 is 1.04 bits per heavy atom. The van der Waals surface area contributed by atoms with Gasteiger partial charge in [0.15, 0.2) is 5.82 Å². The Bertz CT molecular complexity index is 935. The lowest BCUT2D eigenvalue weighted by Gasteiger charge is -2.07. The van der Waals surface area contributed by atoms with Crippen LogP contribution in [-0.4, -0.2) is 17.0 Å². The highest BCUT2D eigenvalue weighted by molar-refractivity contribution is 6.04. The van der Waals surface area contributed by atoms with Crippen LogP contribution in [0.4, 0.5) is 10.2 Å². The number of hydrogen-bond acceptors (Lipinski definition) is 4. The van der Waals surface area contributed by atoms with Gasteiger partial charge in [0.1, 0.15) is 11.6 Å². The molecule has 0 bridgehead atoms. The quantitative estimate of drug-likeness (QED) is 0.737. The second-order valence-electron chi connectivity index (χ2n) is 5.63. The van der Waals surface area contributed by atoms with Crippen molar-refractivity contribution in [1.82, 2.24) is 10.5 Å². The summed E-state index contributed by atoms with van der Waals surface area (Å²) < 4.78 is 18.4. The zero-order valence-corrected chi connectivity index (χ0v) is 14.0. The molecule has 6 nitrogen and oxygen atoms in total. The molecule has 0 aliphatic rings. The van der Waals surface area contributed by atoms with Gasteiger partial charge in [0, 0.05) is 29.3 Å². The van der Waals surface area contributed by atoms with Crippen LogP contribution in [0.15, 0.2) is 59.1 Å². The molecule has 0 atom stereocenters. The summed E-state index contributed by atoms with van der Waals surface area (Å²) in [5.41, 5.74) is 1.14. The molecule has 2 aromatic carbocycles. The third kappa shape index (κ3) is 4.13. The summed E-state index contributed by atoms with van der Waals surface area (Å²) in [5, 5.41) is 8.93. The van der Waals surface area contributed by atoms with Gasteiger partial charge in [-0.05, 0) is 37.3 Å². The minimum Gasteiger partial charge on any atom is -0.360 e. The van der Waals surface area contributed by atoms with Crippen LogP contribution >= 0.6 is 0 Å². The number of nitrogens with zero attached hydrogens (tertiary/aromatic N) is 1. The van der Waals surface area contributed by atoms with Crippen molar-refractivity contribution in [2.75, 3.05) is 5.32 Å². The molecule has 0 radical (unpaired) electrons. The van der Waals surface area contributed by atoms with Gasteiger partial charge >= 0.3 is 0 Å². The Morgan fingerprint density at radius 3 is 2.31 bits per heavy atom. The lowest BCUT2D eigenvalue weighted by molar-refractivity contribution is 0.0948. The average molecular weight is 353 g/mol. The molecule has 3 aromatic rings. The van der Waals surface area contributed by atoms with Gasteiger partial charge in [-0.15, -0.1) is 0 Å². The van der Waals surface area contributed by atoms with Gasteiger partial charge in [0.05, 0.1) is 0 Å². The summed E-state index contributed by atoms with van der Waals surface area (Å²) in [5.74, 6) is -0.187. The van der Waals surface area contributed by atoms with Crippen LogP contribution in [0.5, 0.6) is 0 Å². The second kappa shape index (κ2) is 7.60. The van der Waals surface area contributed by atoms with Gasteiger partial charge in [-0.2, -0.15) is 0 Å². The fourth-order valence-electron chi connectivity index (χ4n) is 2.31. The van der Waals surface area contributed by atoms with Crippen molar-refractivity contribution in [2.24, 2.45) is 0 Å². The van der Waals surface area contributed by atoms with E-state index < -0.39 is 0 Å². The van der Waals surface area contributed by atoms with Gasteiger partial charge in [-0.3, -0.25) is 9.59 Å². The monoisotopic (exact) mass is 353 g/mol. The molecule has 132 valence electrons. The highest BCUT2D eigenvalue weighted by Gasteiger charge is 2.11. The van der Waals surface area contributed by atoms with E-state index in [2.05, 4.69) is 15.8 Å². The summed E-state index contributed by atoms with van der Waals surface area (Å²) in [6, 6.07) is 13.9. The summed E-state index contributed by atoms with van der Waals surface area (Å²) >= 11 is 0. The maximum absolute atomic E-state index is 13.6. The van der Waals surface area contributed by atoms with E-state index in [1.54, 1.807) is 31.2 Å². The van der Waals surface area contributed by atoms with E-state index in [1.165, 1.54) is 30.3 Å². The molecule has 7 heteroatoms.